The van der Waals surface area contributed by atoms with E-state index in [1.54, 1.807) is 0 Å². The standard InChI is InChI=1S/C9H20FNO2S/c1-9(2,3)11-7-8(10)5-6-14(4,12)13/h8,11H,5-7H2,1-4H3. The maximum absolute atomic E-state index is 13.1. The van der Waals surface area contributed by atoms with Crippen molar-refractivity contribution in [3.05, 3.63) is 0 Å². The Morgan fingerprint density at radius 2 is 1.86 bits per heavy atom. The van der Waals surface area contributed by atoms with Crippen molar-refractivity contribution in [3.8, 4) is 0 Å². The van der Waals surface area contributed by atoms with E-state index in [9.17, 15) is 12.8 Å². The zero-order chi connectivity index (χ0) is 11.4. The highest BCUT2D eigenvalue weighted by molar-refractivity contribution is 7.90. The molecule has 0 saturated carbocycles. The maximum atomic E-state index is 13.1. The number of hydrogen-bond donors (Lipinski definition) is 1. The molecular formula is C9H20FNO2S. The highest BCUT2D eigenvalue weighted by atomic mass is 32.2. The van der Waals surface area contributed by atoms with Crippen molar-refractivity contribution >= 4 is 9.84 Å². The molecule has 0 aromatic carbocycles. The smallest absolute Gasteiger partial charge is 0.147 e. The van der Waals surface area contributed by atoms with Gasteiger partial charge in [0.1, 0.15) is 16.0 Å². The Morgan fingerprint density at radius 1 is 1.36 bits per heavy atom. The highest BCUT2D eigenvalue weighted by Crippen LogP contribution is 2.03. The van der Waals surface area contributed by atoms with Crippen LogP contribution in [0.4, 0.5) is 4.39 Å². The molecule has 5 heteroatoms. The molecule has 86 valence electrons. The summed E-state index contributed by atoms with van der Waals surface area (Å²) in [7, 11) is -3.04. The van der Waals surface area contributed by atoms with Crippen LogP contribution < -0.4 is 5.32 Å². The third kappa shape index (κ3) is 9.92. The molecule has 0 radical (unpaired) electrons. The van der Waals surface area contributed by atoms with Crippen molar-refractivity contribution in [2.75, 3.05) is 18.6 Å². The molecule has 0 aromatic heterocycles. The van der Waals surface area contributed by atoms with Gasteiger partial charge in [-0.1, -0.05) is 0 Å². The summed E-state index contributed by atoms with van der Waals surface area (Å²) in [6.07, 6.45) is 0.0997. The Labute approximate surface area is 86.0 Å². The van der Waals surface area contributed by atoms with Crippen molar-refractivity contribution < 1.29 is 12.8 Å². The van der Waals surface area contributed by atoms with E-state index in [1.165, 1.54) is 0 Å². The van der Waals surface area contributed by atoms with Crippen LogP contribution in [0.2, 0.25) is 0 Å². The number of sulfone groups is 1. The topological polar surface area (TPSA) is 46.2 Å². The first-order valence-corrected chi connectivity index (χ1v) is 6.73. The van der Waals surface area contributed by atoms with Gasteiger partial charge in [0.15, 0.2) is 0 Å². The minimum absolute atomic E-state index is 0.0713. The summed E-state index contributed by atoms with van der Waals surface area (Å²) in [5.74, 6) is -0.0833. The SMILES string of the molecule is CC(C)(C)NCC(F)CCS(C)(=O)=O. The van der Waals surface area contributed by atoms with E-state index in [0.717, 1.165) is 6.26 Å². The lowest BCUT2D eigenvalue weighted by atomic mass is 10.1. The molecule has 14 heavy (non-hydrogen) atoms. The van der Waals surface area contributed by atoms with Gasteiger partial charge in [0.05, 0.1) is 5.75 Å². The minimum atomic E-state index is -3.04. The normalized spacial score (nSPS) is 15.5. The van der Waals surface area contributed by atoms with E-state index < -0.39 is 16.0 Å². The molecule has 0 rings (SSSR count). The van der Waals surface area contributed by atoms with Crippen LogP contribution in [-0.2, 0) is 9.84 Å². The quantitative estimate of drug-likeness (QED) is 0.763. The molecule has 0 aromatic rings. The van der Waals surface area contributed by atoms with Gasteiger partial charge >= 0.3 is 0 Å². The zero-order valence-electron chi connectivity index (χ0n) is 9.30. The van der Waals surface area contributed by atoms with Crippen LogP contribution in [0, 0.1) is 0 Å². The van der Waals surface area contributed by atoms with Crippen LogP contribution in [0.25, 0.3) is 0 Å². The summed E-state index contributed by atoms with van der Waals surface area (Å²) in [6.45, 7) is 6.03. The van der Waals surface area contributed by atoms with E-state index in [-0.39, 0.29) is 24.3 Å². The first-order valence-electron chi connectivity index (χ1n) is 4.67. The van der Waals surface area contributed by atoms with Gasteiger partial charge in [0.2, 0.25) is 0 Å². The lowest BCUT2D eigenvalue weighted by Crippen LogP contribution is -2.40. The molecule has 0 fully saturated rings. The van der Waals surface area contributed by atoms with Gasteiger partial charge in [0.25, 0.3) is 0 Å². The van der Waals surface area contributed by atoms with Crippen LogP contribution >= 0.6 is 0 Å². The molecule has 0 spiro atoms. The molecule has 0 bridgehead atoms. The fourth-order valence-corrected chi connectivity index (χ4v) is 1.54. The lowest BCUT2D eigenvalue weighted by Gasteiger charge is -2.21. The molecule has 0 saturated heterocycles. The van der Waals surface area contributed by atoms with Crippen molar-refractivity contribution in [1.29, 1.82) is 0 Å². The van der Waals surface area contributed by atoms with E-state index in [1.807, 2.05) is 20.8 Å². The van der Waals surface area contributed by atoms with Crippen LogP contribution in [0.5, 0.6) is 0 Å². The van der Waals surface area contributed by atoms with Crippen LogP contribution in [-0.4, -0.2) is 38.7 Å². The van der Waals surface area contributed by atoms with Crippen LogP contribution in [0.3, 0.4) is 0 Å². The third-order valence-electron chi connectivity index (χ3n) is 1.66. The fraction of sp³-hybridized carbons (Fsp3) is 1.00. The molecule has 1 unspecified atom stereocenters. The van der Waals surface area contributed by atoms with Crippen molar-refractivity contribution in [2.24, 2.45) is 0 Å². The predicted molar refractivity (Wildman–Crippen MR) is 57.0 cm³/mol. The fourth-order valence-electron chi connectivity index (χ4n) is 0.861. The molecule has 0 amide bonds. The van der Waals surface area contributed by atoms with Crippen LogP contribution in [0.1, 0.15) is 27.2 Å². The molecule has 0 aliphatic heterocycles. The highest BCUT2D eigenvalue weighted by Gasteiger charge is 2.14. The molecule has 3 nitrogen and oxygen atoms in total. The number of halogens is 1. The van der Waals surface area contributed by atoms with E-state index >= 15 is 0 Å². The van der Waals surface area contributed by atoms with Crippen LogP contribution in [0.15, 0.2) is 0 Å². The van der Waals surface area contributed by atoms with Crippen molar-refractivity contribution in [3.63, 3.8) is 0 Å². The number of hydrogen-bond acceptors (Lipinski definition) is 3. The molecule has 0 heterocycles. The van der Waals surface area contributed by atoms with Crippen molar-refractivity contribution in [1.82, 2.24) is 5.32 Å². The summed E-state index contributed by atoms with van der Waals surface area (Å²) in [5, 5.41) is 2.99. The van der Waals surface area contributed by atoms with Gasteiger partial charge in [-0.2, -0.15) is 0 Å². The molecule has 1 atom stereocenters. The summed E-state index contributed by atoms with van der Waals surface area (Å²) in [4.78, 5) is 0. The average Bonchev–Trinajstić information content (AvgIpc) is 1.94. The van der Waals surface area contributed by atoms with Gasteiger partial charge < -0.3 is 5.32 Å². The number of alkyl halides is 1. The molecule has 0 aliphatic carbocycles. The second kappa shape index (κ2) is 5.07. The maximum Gasteiger partial charge on any atom is 0.147 e. The third-order valence-corrected chi connectivity index (χ3v) is 2.63. The molecule has 0 aliphatic rings. The van der Waals surface area contributed by atoms with Gasteiger partial charge in [-0.25, -0.2) is 12.8 Å². The lowest BCUT2D eigenvalue weighted by molar-refractivity contribution is 0.280. The zero-order valence-corrected chi connectivity index (χ0v) is 10.1. The molecule has 1 N–H and O–H groups in total. The first kappa shape index (κ1) is 13.8. The average molecular weight is 225 g/mol. The largest absolute Gasteiger partial charge is 0.309 e. The first-order chi connectivity index (χ1) is 6.10. The number of rotatable bonds is 5. The number of nitrogens with one attached hydrogen (secondary N) is 1. The van der Waals surface area contributed by atoms with Gasteiger partial charge in [-0.3, -0.25) is 0 Å². The summed E-state index contributed by atoms with van der Waals surface area (Å²) < 4.78 is 34.6. The summed E-state index contributed by atoms with van der Waals surface area (Å²) in [6, 6.07) is 0. The minimum Gasteiger partial charge on any atom is -0.309 e. The Kier molecular flexibility index (Phi) is 5.01. The monoisotopic (exact) mass is 225 g/mol. The van der Waals surface area contributed by atoms with E-state index in [4.69, 9.17) is 0 Å². The Balaban J connectivity index is 3.73. The predicted octanol–water partition coefficient (Wildman–Crippen LogP) is 1.15. The van der Waals surface area contributed by atoms with Gasteiger partial charge in [-0.05, 0) is 27.2 Å². The second-order valence-corrected chi connectivity index (χ2v) is 6.91. The van der Waals surface area contributed by atoms with E-state index in [2.05, 4.69) is 5.32 Å². The Morgan fingerprint density at radius 3 is 2.21 bits per heavy atom. The summed E-state index contributed by atoms with van der Waals surface area (Å²) >= 11 is 0. The molecular weight excluding hydrogens is 205 g/mol. The van der Waals surface area contributed by atoms with E-state index in [0.29, 0.717) is 0 Å². The van der Waals surface area contributed by atoms with Crippen molar-refractivity contribution in [2.45, 2.75) is 38.9 Å². The summed E-state index contributed by atoms with van der Waals surface area (Å²) in [5.41, 5.74) is -0.130. The second-order valence-electron chi connectivity index (χ2n) is 4.65. The Hall–Kier alpha value is -0.160. The van der Waals surface area contributed by atoms with Gasteiger partial charge in [0, 0.05) is 18.3 Å². The Bertz CT molecular complexity index is 256. The van der Waals surface area contributed by atoms with Gasteiger partial charge in [-0.15, -0.1) is 0 Å².